The summed E-state index contributed by atoms with van der Waals surface area (Å²) in [4.78, 5) is 43.7. The minimum Gasteiger partial charge on any atom is -0.387 e. The third-order valence-electron chi connectivity index (χ3n) is 7.84. The zero-order valence-electron chi connectivity index (χ0n) is 22.3. The molecule has 5 atom stereocenters. The van der Waals surface area contributed by atoms with Crippen molar-refractivity contribution in [2.45, 2.75) is 36.4 Å². The van der Waals surface area contributed by atoms with E-state index >= 15 is 0 Å². The predicted octanol–water partition coefficient (Wildman–Crippen LogP) is 2.87. The molecule has 2 aromatic heterocycles. The van der Waals surface area contributed by atoms with Gasteiger partial charge in [0.1, 0.15) is 18.3 Å². The molecule has 2 aliphatic rings. The molecular formula is C27H30ClN5O7P2. The summed E-state index contributed by atoms with van der Waals surface area (Å²) in [5.41, 5.74) is 2.92. The van der Waals surface area contributed by atoms with Crippen LogP contribution in [0.4, 0.5) is 5.82 Å². The Hall–Kier alpha value is -2.34. The highest BCUT2D eigenvalue weighted by Gasteiger charge is 2.46. The molecule has 0 amide bonds. The molecule has 5 N–H and O–H groups in total. The third kappa shape index (κ3) is 5.65. The van der Waals surface area contributed by atoms with Crippen molar-refractivity contribution in [1.82, 2.24) is 19.5 Å². The highest BCUT2D eigenvalue weighted by Crippen LogP contribution is 2.45. The quantitative estimate of drug-likeness (QED) is 0.136. The van der Waals surface area contributed by atoms with E-state index in [0.29, 0.717) is 30.1 Å². The van der Waals surface area contributed by atoms with Crippen molar-refractivity contribution >= 4 is 45.3 Å². The summed E-state index contributed by atoms with van der Waals surface area (Å²) in [5.74, 6) is 0.247. The van der Waals surface area contributed by atoms with Crippen LogP contribution >= 0.6 is 28.4 Å². The number of hydrogen-bond donors (Lipinski definition) is 5. The zero-order chi connectivity index (χ0) is 29.4. The van der Waals surface area contributed by atoms with Crippen molar-refractivity contribution < 1.29 is 34.2 Å². The van der Waals surface area contributed by atoms with Crippen molar-refractivity contribution in [2.75, 3.05) is 30.5 Å². The highest BCUT2D eigenvalue weighted by atomic mass is 35.5. The Kier molecular flexibility index (Phi) is 8.73. The normalized spacial score (nSPS) is 24.6. The minimum absolute atomic E-state index is 0.000446. The van der Waals surface area contributed by atoms with Gasteiger partial charge in [0.15, 0.2) is 40.0 Å². The van der Waals surface area contributed by atoms with Gasteiger partial charge in [-0.2, -0.15) is 9.97 Å². The Morgan fingerprint density at radius 2 is 1.64 bits per heavy atom. The minimum atomic E-state index is -2.33. The number of aromatic nitrogens is 4. The lowest BCUT2D eigenvalue weighted by molar-refractivity contribution is -0.0471. The van der Waals surface area contributed by atoms with Crippen molar-refractivity contribution in [2.24, 2.45) is 0 Å². The molecule has 2 aromatic carbocycles. The van der Waals surface area contributed by atoms with Gasteiger partial charge in [-0.1, -0.05) is 60.7 Å². The summed E-state index contributed by atoms with van der Waals surface area (Å²) in [7, 11) is -4.45. The number of fused-ring (bicyclic) bond motifs is 1. The molecular weight excluding hydrogens is 604 g/mol. The smallest absolute Gasteiger partial charge is 0.226 e. The van der Waals surface area contributed by atoms with Crippen molar-refractivity contribution in [3.05, 3.63) is 83.4 Å². The van der Waals surface area contributed by atoms with Crippen LogP contribution in [0.25, 0.3) is 11.2 Å². The predicted molar refractivity (Wildman–Crippen MR) is 158 cm³/mol. The first kappa shape index (κ1) is 29.7. The molecule has 6 rings (SSSR count). The first-order chi connectivity index (χ1) is 20.3. The van der Waals surface area contributed by atoms with Crippen LogP contribution in [-0.2, 0) is 14.7 Å². The summed E-state index contributed by atoms with van der Waals surface area (Å²) in [6.07, 6.45) is -2.46. The van der Waals surface area contributed by atoms with Gasteiger partial charge in [0.05, 0.1) is 18.8 Å². The molecule has 0 aliphatic carbocycles. The van der Waals surface area contributed by atoms with Gasteiger partial charge < -0.3 is 39.1 Å². The first-order valence-electron chi connectivity index (χ1n) is 13.3. The maximum Gasteiger partial charge on any atom is 0.226 e. The number of halogens is 1. The molecule has 0 spiro atoms. The van der Waals surface area contributed by atoms with Crippen LogP contribution in [0.3, 0.4) is 0 Å². The van der Waals surface area contributed by atoms with E-state index in [1.165, 1.54) is 22.0 Å². The van der Waals surface area contributed by atoms with Crippen molar-refractivity contribution in [3.8, 4) is 0 Å². The second kappa shape index (κ2) is 12.3. The molecule has 5 unspecified atom stereocenters. The van der Waals surface area contributed by atoms with Crippen LogP contribution in [0.1, 0.15) is 23.8 Å². The number of imidazole rings is 1. The molecule has 2 fully saturated rings. The zero-order valence-corrected chi connectivity index (χ0v) is 24.8. The number of benzene rings is 2. The van der Waals surface area contributed by atoms with Crippen LogP contribution in [0, 0.1) is 0 Å². The summed E-state index contributed by atoms with van der Waals surface area (Å²) in [6.45, 7) is 1.06. The SMILES string of the molecule is OC1C(COP(O)CP(O)O)OC(n2cnc3c(N4CCC(c5ccccc5)(c5ccccc5)C4)nc(Cl)nc32)C1O. The largest absolute Gasteiger partial charge is 0.387 e. The van der Waals surface area contributed by atoms with E-state index in [0.717, 1.165) is 6.42 Å². The Bertz CT molecular complexity index is 1480. The van der Waals surface area contributed by atoms with Crippen LogP contribution in [-0.4, -0.2) is 88.3 Å². The van der Waals surface area contributed by atoms with Crippen LogP contribution < -0.4 is 4.90 Å². The molecule has 0 radical (unpaired) electrons. The fraction of sp³-hybridized carbons (Fsp3) is 0.370. The highest BCUT2D eigenvalue weighted by molar-refractivity contribution is 7.63. The van der Waals surface area contributed by atoms with Crippen LogP contribution in [0.5, 0.6) is 0 Å². The monoisotopic (exact) mass is 633 g/mol. The topological polar surface area (TPSA) is 166 Å². The lowest BCUT2D eigenvalue weighted by Gasteiger charge is -2.31. The molecule has 222 valence electrons. The van der Waals surface area contributed by atoms with E-state index < -0.39 is 41.3 Å². The number of rotatable bonds is 9. The standard InChI is InChI=1S/C27H30ClN5O7P2/c28-26-30-23(32-12-11-27(14-32,17-7-3-1-4-8-17)18-9-5-2-6-10-18)20-24(31-26)33(15-29-20)25-22(35)21(34)19(40-25)13-39-42(38)16-41(36)37/h1-10,15,19,21-22,25,34-38H,11-14,16H2. The number of aliphatic hydroxyl groups excluding tert-OH is 2. The third-order valence-corrected chi connectivity index (χ3v) is 10.4. The number of ether oxygens (including phenoxy) is 1. The maximum atomic E-state index is 10.8. The van der Waals surface area contributed by atoms with Gasteiger partial charge in [-0.05, 0) is 29.1 Å². The second-order valence-electron chi connectivity index (χ2n) is 10.3. The molecule has 15 heteroatoms. The van der Waals surface area contributed by atoms with E-state index in [-0.39, 0.29) is 23.2 Å². The van der Waals surface area contributed by atoms with Crippen molar-refractivity contribution in [1.29, 1.82) is 0 Å². The average Bonchev–Trinajstić information content (AvgIpc) is 3.69. The van der Waals surface area contributed by atoms with Gasteiger partial charge in [0.2, 0.25) is 5.28 Å². The van der Waals surface area contributed by atoms with Crippen molar-refractivity contribution in [3.63, 3.8) is 0 Å². The second-order valence-corrected chi connectivity index (χ2v) is 13.5. The Morgan fingerprint density at radius 1 is 0.976 bits per heavy atom. The number of anilines is 1. The average molecular weight is 634 g/mol. The maximum absolute atomic E-state index is 10.8. The van der Waals surface area contributed by atoms with Gasteiger partial charge >= 0.3 is 0 Å². The fourth-order valence-electron chi connectivity index (χ4n) is 5.83. The summed E-state index contributed by atoms with van der Waals surface area (Å²) < 4.78 is 12.7. The fourth-order valence-corrected chi connectivity index (χ4v) is 7.50. The van der Waals surface area contributed by atoms with Gasteiger partial charge in [-0.15, -0.1) is 0 Å². The molecule has 4 heterocycles. The number of aliphatic hydroxyl groups is 2. The van der Waals surface area contributed by atoms with Gasteiger partial charge in [0, 0.05) is 18.5 Å². The van der Waals surface area contributed by atoms with E-state index in [1.54, 1.807) is 0 Å². The van der Waals surface area contributed by atoms with E-state index in [1.807, 2.05) is 36.4 Å². The van der Waals surface area contributed by atoms with Gasteiger partial charge in [-0.25, -0.2) is 4.98 Å². The van der Waals surface area contributed by atoms with Crippen LogP contribution in [0.2, 0.25) is 5.28 Å². The number of hydrogen-bond acceptors (Lipinski definition) is 11. The lowest BCUT2D eigenvalue weighted by Crippen LogP contribution is -2.33. The molecule has 0 bridgehead atoms. The van der Waals surface area contributed by atoms with E-state index in [2.05, 4.69) is 44.1 Å². The molecule has 2 saturated heterocycles. The van der Waals surface area contributed by atoms with Gasteiger partial charge in [-0.3, -0.25) is 4.57 Å². The molecule has 2 aliphatic heterocycles. The Labute approximate surface area is 249 Å². The molecule has 0 saturated carbocycles. The summed E-state index contributed by atoms with van der Waals surface area (Å²) in [5, 5.41) is 21.5. The first-order valence-corrected chi connectivity index (χ1v) is 16.5. The number of nitrogens with zero attached hydrogens (tertiary/aromatic N) is 5. The Morgan fingerprint density at radius 3 is 2.29 bits per heavy atom. The van der Waals surface area contributed by atoms with E-state index in [9.17, 15) is 15.1 Å². The van der Waals surface area contributed by atoms with E-state index in [4.69, 9.17) is 30.6 Å². The molecule has 12 nitrogen and oxygen atoms in total. The Balaban J connectivity index is 1.29. The lowest BCUT2D eigenvalue weighted by atomic mass is 9.74. The van der Waals surface area contributed by atoms with Gasteiger partial charge in [0.25, 0.3) is 0 Å². The summed E-state index contributed by atoms with van der Waals surface area (Å²) >= 11 is 6.44. The molecule has 4 aromatic rings. The molecule has 42 heavy (non-hydrogen) atoms. The summed E-state index contributed by atoms with van der Waals surface area (Å²) in [6, 6.07) is 20.8. The van der Waals surface area contributed by atoms with Crippen LogP contribution in [0.15, 0.2) is 67.0 Å².